The predicted octanol–water partition coefficient (Wildman–Crippen LogP) is 1.81. The molecule has 0 unspecified atom stereocenters. The largest absolute Gasteiger partial charge is 0.385 e. The van der Waals surface area contributed by atoms with E-state index in [1.807, 2.05) is 30.0 Å². The van der Waals surface area contributed by atoms with Crippen LogP contribution in [0.2, 0.25) is 0 Å². The highest BCUT2D eigenvalue weighted by atomic mass is 16.2. The van der Waals surface area contributed by atoms with Crippen molar-refractivity contribution in [3.8, 4) is 0 Å². The van der Waals surface area contributed by atoms with Crippen LogP contribution in [0.25, 0.3) is 0 Å². The Morgan fingerprint density at radius 2 is 1.90 bits per heavy atom. The van der Waals surface area contributed by atoms with Gasteiger partial charge < -0.3 is 15.1 Å². The van der Waals surface area contributed by atoms with E-state index in [4.69, 9.17) is 0 Å². The zero-order valence-corrected chi connectivity index (χ0v) is 12.8. The van der Waals surface area contributed by atoms with Gasteiger partial charge in [0.1, 0.15) is 0 Å². The third kappa shape index (κ3) is 3.74. The monoisotopic (exact) mass is 289 g/mol. The van der Waals surface area contributed by atoms with Crippen molar-refractivity contribution in [2.24, 2.45) is 0 Å². The predicted molar refractivity (Wildman–Crippen MR) is 83.4 cm³/mol. The van der Waals surface area contributed by atoms with E-state index in [1.54, 1.807) is 13.1 Å². The maximum absolute atomic E-state index is 12.5. The average Bonchev–Trinajstić information content (AvgIpc) is 3.01. The van der Waals surface area contributed by atoms with Crippen LogP contribution in [0.3, 0.4) is 0 Å². The van der Waals surface area contributed by atoms with Gasteiger partial charge >= 0.3 is 0 Å². The molecule has 2 rings (SSSR count). The molecule has 1 aromatic carbocycles. The number of benzene rings is 1. The van der Waals surface area contributed by atoms with Crippen LogP contribution in [0.4, 0.5) is 5.69 Å². The maximum atomic E-state index is 12.5. The Balaban J connectivity index is 2.03. The summed E-state index contributed by atoms with van der Waals surface area (Å²) < 4.78 is 0. The molecule has 21 heavy (non-hydrogen) atoms. The Kier molecular flexibility index (Phi) is 5.20. The zero-order valence-electron chi connectivity index (χ0n) is 12.8. The summed E-state index contributed by atoms with van der Waals surface area (Å²) in [6.07, 6.45) is 2.12. The fourth-order valence-electron chi connectivity index (χ4n) is 2.56. The molecule has 1 aromatic rings. The summed E-state index contributed by atoms with van der Waals surface area (Å²) in [7, 11) is 1.68. The molecular formula is C16H23N3O2. The molecule has 1 heterocycles. The fourth-order valence-corrected chi connectivity index (χ4v) is 2.56. The molecular weight excluding hydrogens is 266 g/mol. The Morgan fingerprint density at radius 1 is 1.24 bits per heavy atom. The third-order valence-corrected chi connectivity index (χ3v) is 3.70. The van der Waals surface area contributed by atoms with Crippen molar-refractivity contribution in [1.82, 2.24) is 9.80 Å². The van der Waals surface area contributed by atoms with E-state index in [0.29, 0.717) is 5.56 Å². The first kappa shape index (κ1) is 15.4. The number of likely N-dealkylation sites (N-methyl/N-ethyl adjacent to an activating group) is 1. The molecule has 0 aromatic heterocycles. The first-order valence-electron chi connectivity index (χ1n) is 7.49. The number of rotatable bonds is 5. The van der Waals surface area contributed by atoms with Crippen molar-refractivity contribution >= 4 is 17.5 Å². The molecule has 1 aliphatic rings. The lowest BCUT2D eigenvalue weighted by atomic mass is 10.1. The lowest BCUT2D eigenvalue weighted by Gasteiger charge is -2.22. The molecule has 5 heteroatoms. The van der Waals surface area contributed by atoms with Gasteiger partial charge in [-0.1, -0.05) is 12.1 Å². The van der Waals surface area contributed by atoms with Crippen LogP contribution in [-0.4, -0.2) is 54.8 Å². The number of nitrogens with zero attached hydrogens (tertiary/aromatic N) is 2. The molecule has 0 atom stereocenters. The summed E-state index contributed by atoms with van der Waals surface area (Å²) in [5, 5.41) is 3.18. The van der Waals surface area contributed by atoms with Crippen LogP contribution in [-0.2, 0) is 4.79 Å². The third-order valence-electron chi connectivity index (χ3n) is 3.70. The topological polar surface area (TPSA) is 52.7 Å². The van der Waals surface area contributed by atoms with E-state index in [-0.39, 0.29) is 18.4 Å². The second kappa shape index (κ2) is 7.11. The van der Waals surface area contributed by atoms with Gasteiger partial charge in [-0.3, -0.25) is 9.59 Å². The molecule has 0 radical (unpaired) electrons. The lowest BCUT2D eigenvalue weighted by molar-refractivity contribution is -0.130. The van der Waals surface area contributed by atoms with Gasteiger partial charge in [0.15, 0.2) is 0 Å². The molecule has 114 valence electrons. The Bertz CT molecular complexity index is 510. The van der Waals surface area contributed by atoms with E-state index in [9.17, 15) is 9.59 Å². The van der Waals surface area contributed by atoms with E-state index < -0.39 is 0 Å². The second-order valence-electron chi connectivity index (χ2n) is 5.33. The lowest BCUT2D eigenvalue weighted by Crippen LogP contribution is -2.40. The molecule has 1 fully saturated rings. The highest BCUT2D eigenvalue weighted by molar-refractivity contribution is 6.01. The van der Waals surface area contributed by atoms with E-state index in [2.05, 4.69) is 5.32 Å². The summed E-state index contributed by atoms with van der Waals surface area (Å²) in [6.45, 7) is 4.51. The van der Waals surface area contributed by atoms with Crippen molar-refractivity contribution in [2.75, 3.05) is 38.5 Å². The van der Waals surface area contributed by atoms with Crippen molar-refractivity contribution in [1.29, 1.82) is 0 Å². The van der Waals surface area contributed by atoms with Gasteiger partial charge in [-0.15, -0.1) is 0 Å². The molecule has 2 amide bonds. The van der Waals surface area contributed by atoms with Crippen LogP contribution in [0.15, 0.2) is 24.3 Å². The number of carbonyl (C=O) groups is 2. The summed E-state index contributed by atoms with van der Waals surface area (Å²) in [6, 6.07) is 7.40. The first-order chi connectivity index (χ1) is 10.1. The quantitative estimate of drug-likeness (QED) is 0.899. The number of anilines is 1. The number of hydrogen-bond donors (Lipinski definition) is 1. The van der Waals surface area contributed by atoms with E-state index in [0.717, 1.165) is 38.2 Å². The van der Waals surface area contributed by atoms with Gasteiger partial charge in [0.05, 0.1) is 12.1 Å². The highest BCUT2D eigenvalue weighted by Gasteiger charge is 2.22. The number of amides is 2. The second-order valence-corrected chi connectivity index (χ2v) is 5.33. The van der Waals surface area contributed by atoms with Gasteiger partial charge in [0, 0.05) is 32.4 Å². The number of carbonyl (C=O) groups excluding carboxylic acids is 2. The molecule has 0 spiro atoms. The van der Waals surface area contributed by atoms with Crippen LogP contribution < -0.4 is 5.32 Å². The Labute approximate surface area is 125 Å². The van der Waals surface area contributed by atoms with Crippen LogP contribution in [0.1, 0.15) is 30.1 Å². The van der Waals surface area contributed by atoms with Gasteiger partial charge in [-0.2, -0.15) is 0 Å². The van der Waals surface area contributed by atoms with Gasteiger partial charge in [-0.25, -0.2) is 0 Å². The Hall–Kier alpha value is -2.04. The van der Waals surface area contributed by atoms with Crippen LogP contribution in [0.5, 0.6) is 0 Å². The molecule has 5 nitrogen and oxygen atoms in total. The number of likely N-dealkylation sites (tertiary alicyclic amines) is 1. The van der Waals surface area contributed by atoms with Crippen molar-refractivity contribution < 1.29 is 9.59 Å². The average molecular weight is 289 g/mol. The van der Waals surface area contributed by atoms with Gasteiger partial charge in [0.25, 0.3) is 5.91 Å². The summed E-state index contributed by atoms with van der Waals surface area (Å²) in [5.74, 6) is -0.0941. The minimum Gasteiger partial charge on any atom is -0.385 e. The minimum atomic E-state index is -0.126. The normalized spacial score (nSPS) is 14.1. The first-order valence-corrected chi connectivity index (χ1v) is 7.49. The molecule has 1 aliphatic heterocycles. The van der Waals surface area contributed by atoms with Crippen LogP contribution in [0, 0.1) is 0 Å². The van der Waals surface area contributed by atoms with E-state index in [1.165, 1.54) is 4.90 Å². The molecule has 0 saturated carbocycles. The minimum absolute atomic E-state index is 0.0317. The van der Waals surface area contributed by atoms with Gasteiger partial charge in [0.2, 0.25) is 5.91 Å². The van der Waals surface area contributed by atoms with Gasteiger partial charge in [-0.05, 0) is 31.9 Å². The van der Waals surface area contributed by atoms with E-state index >= 15 is 0 Å². The molecule has 1 saturated heterocycles. The fraction of sp³-hybridized carbons (Fsp3) is 0.500. The zero-order chi connectivity index (χ0) is 15.2. The molecule has 0 aliphatic carbocycles. The molecule has 1 N–H and O–H groups in total. The SMILES string of the molecule is CCNc1ccccc1C(=O)N(C)CC(=O)N1CCCC1. The van der Waals surface area contributed by atoms with Crippen molar-refractivity contribution in [3.63, 3.8) is 0 Å². The standard InChI is InChI=1S/C16H23N3O2/c1-3-17-14-9-5-4-8-13(14)16(21)18(2)12-15(20)19-10-6-7-11-19/h4-5,8-9,17H,3,6-7,10-12H2,1-2H3. The smallest absolute Gasteiger partial charge is 0.256 e. The van der Waals surface area contributed by atoms with Crippen LogP contribution >= 0.6 is 0 Å². The molecule has 0 bridgehead atoms. The number of para-hydroxylation sites is 1. The summed E-state index contributed by atoms with van der Waals surface area (Å²) in [4.78, 5) is 28.0. The number of hydrogen-bond acceptors (Lipinski definition) is 3. The Morgan fingerprint density at radius 3 is 2.57 bits per heavy atom. The number of nitrogens with one attached hydrogen (secondary N) is 1. The maximum Gasteiger partial charge on any atom is 0.256 e. The highest BCUT2D eigenvalue weighted by Crippen LogP contribution is 2.17. The summed E-state index contributed by atoms with van der Waals surface area (Å²) >= 11 is 0. The van der Waals surface area contributed by atoms with Crippen molar-refractivity contribution in [3.05, 3.63) is 29.8 Å². The van der Waals surface area contributed by atoms with Crippen molar-refractivity contribution in [2.45, 2.75) is 19.8 Å². The summed E-state index contributed by atoms with van der Waals surface area (Å²) in [5.41, 5.74) is 1.42.